The Morgan fingerprint density at radius 1 is 1.47 bits per heavy atom. The molecule has 0 aliphatic carbocycles. The lowest BCUT2D eigenvalue weighted by Gasteiger charge is -2.11. The predicted octanol–water partition coefficient (Wildman–Crippen LogP) is 0.353. The Balaban J connectivity index is 3.21. The van der Waals surface area contributed by atoms with Gasteiger partial charge in [0.2, 0.25) is 0 Å². The highest BCUT2D eigenvalue weighted by molar-refractivity contribution is 7.90. The van der Waals surface area contributed by atoms with Crippen LogP contribution < -0.4 is 5.73 Å². The van der Waals surface area contributed by atoms with E-state index in [2.05, 4.69) is 0 Å². The van der Waals surface area contributed by atoms with Crippen molar-refractivity contribution in [3.63, 3.8) is 0 Å². The average molecular weight is 257 g/mol. The summed E-state index contributed by atoms with van der Waals surface area (Å²) in [6.45, 7) is 1.77. The van der Waals surface area contributed by atoms with Crippen LogP contribution in [0, 0.1) is 6.92 Å². The summed E-state index contributed by atoms with van der Waals surface area (Å²) < 4.78 is 23.1. The molecule has 3 N–H and O–H groups in total. The number of carboxylic acid groups (broad SMARTS) is 1. The van der Waals surface area contributed by atoms with Gasteiger partial charge in [-0.1, -0.05) is 12.1 Å². The Hall–Kier alpha value is -1.40. The third-order valence-corrected chi connectivity index (χ3v) is 3.56. The molecule has 0 bridgehead atoms. The van der Waals surface area contributed by atoms with E-state index >= 15 is 0 Å². The third kappa shape index (κ3) is 3.54. The lowest BCUT2D eigenvalue weighted by molar-refractivity contribution is -0.138. The van der Waals surface area contributed by atoms with E-state index in [1.807, 2.05) is 0 Å². The summed E-state index contributed by atoms with van der Waals surface area (Å²) in [7, 11) is -3.38. The van der Waals surface area contributed by atoms with Crippen LogP contribution in [0.3, 0.4) is 0 Å². The number of hydrogen-bond donors (Lipinski definition) is 2. The molecular formula is C11H15NO4S. The first-order chi connectivity index (χ1) is 7.71. The minimum absolute atomic E-state index is 0.00197. The smallest absolute Gasteiger partial charge is 0.320 e. The van der Waals surface area contributed by atoms with Crippen LogP contribution in [0.1, 0.15) is 11.1 Å². The molecule has 0 aromatic heterocycles. The van der Waals surface area contributed by atoms with Crippen LogP contribution in [0.4, 0.5) is 0 Å². The number of hydrogen-bond acceptors (Lipinski definition) is 4. The van der Waals surface area contributed by atoms with E-state index < -0.39 is 21.8 Å². The van der Waals surface area contributed by atoms with Crippen molar-refractivity contribution in [1.82, 2.24) is 0 Å². The van der Waals surface area contributed by atoms with E-state index in [0.717, 1.165) is 11.8 Å². The fraction of sp³-hybridized carbons (Fsp3) is 0.364. The van der Waals surface area contributed by atoms with Crippen LogP contribution in [-0.2, 0) is 21.1 Å². The molecule has 0 aliphatic heterocycles. The predicted molar refractivity (Wildman–Crippen MR) is 63.6 cm³/mol. The first-order valence-corrected chi connectivity index (χ1v) is 6.89. The van der Waals surface area contributed by atoms with Crippen molar-refractivity contribution in [3.05, 3.63) is 29.3 Å². The Morgan fingerprint density at radius 3 is 2.53 bits per heavy atom. The summed E-state index contributed by atoms with van der Waals surface area (Å²) >= 11 is 0. The van der Waals surface area contributed by atoms with Crippen LogP contribution in [0.5, 0.6) is 0 Å². The van der Waals surface area contributed by atoms with E-state index in [9.17, 15) is 13.2 Å². The largest absolute Gasteiger partial charge is 0.480 e. The summed E-state index contributed by atoms with van der Waals surface area (Å²) in [5, 5.41) is 8.72. The first kappa shape index (κ1) is 13.7. The van der Waals surface area contributed by atoms with Crippen molar-refractivity contribution < 1.29 is 18.3 Å². The molecule has 1 atom stereocenters. The van der Waals surface area contributed by atoms with Gasteiger partial charge in [-0.05, 0) is 30.5 Å². The molecule has 0 fully saturated rings. The summed E-state index contributed by atoms with van der Waals surface area (Å²) in [6, 6.07) is 3.77. The number of aryl methyl sites for hydroxylation is 1. The van der Waals surface area contributed by atoms with Gasteiger partial charge in [-0.2, -0.15) is 0 Å². The van der Waals surface area contributed by atoms with Crippen LogP contribution in [0.2, 0.25) is 0 Å². The number of rotatable bonds is 4. The maximum Gasteiger partial charge on any atom is 0.320 e. The van der Waals surface area contributed by atoms with Gasteiger partial charge >= 0.3 is 5.97 Å². The second-order valence-corrected chi connectivity index (χ2v) is 6.02. The Labute approximate surface area is 100 Å². The fourth-order valence-electron chi connectivity index (χ4n) is 1.50. The molecule has 1 rings (SSSR count). The van der Waals surface area contributed by atoms with Gasteiger partial charge in [0.05, 0.1) is 4.90 Å². The molecule has 5 nitrogen and oxygen atoms in total. The van der Waals surface area contributed by atoms with Crippen LogP contribution in [-0.4, -0.2) is 31.8 Å². The molecule has 0 saturated carbocycles. The topological polar surface area (TPSA) is 97.5 Å². The Morgan fingerprint density at radius 2 is 2.06 bits per heavy atom. The van der Waals surface area contributed by atoms with Crippen molar-refractivity contribution in [2.45, 2.75) is 24.3 Å². The van der Waals surface area contributed by atoms with E-state index in [-0.39, 0.29) is 11.3 Å². The third-order valence-electron chi connectivity index (χ3n) is 2.38. The number of aliphatic carboxylic acids is 1. The Bertz CT molecular complexity index is 536. The molecule has 17 heavy (non-hydrogen) atoms. The van der Waals surface area contributed by atoms with Gasteiger partial charge in [0.15, 0.2) is 9.84 Å². The zero-order valence-corrected chi connectivity index (χ0v) is 10.5. The van der Waals surface area contributed by atoms with Crippen molar-refractivity contribution in [2.75, 3.05) is 6.26 Å². The molecule has 1 aromatic carbocycles. The zero-order chi connectivity index (χ0) is 13.2. The highest BCUT2D eigenvalue weighted by Crippen LogP contribution is 2.18. The van der Waals surface area contributed by atoms with Crippen LogP contribution >= 0.6 is 0 Å². The number of benzene rings is 1. The fourth-order valence-corrected chi connectivity index (χ4v) is 2.53. The van der Waals surface area contributed by atoms with Crippen molar-refractivity contribution >= 4 is 15.8 Å². The van der Waals surface area contributed by atoms with Gasteiger partial charge in [0.1, 0.15) is 6.04 Å². The SMILES string of the molecule is Cc1ccc(CC(N)C(=O)O)c(S(C)(=O)=O)c1. The van der Waals surface area contributed by atoms with Crippen LogP contribution in [0.25, 0.3) is 0 Å². The maximum absolute atomic E-state index is 11.6. The van der Waals surface area contributed by atoms with Gasteiger partial charge in [0.25, 0.3) is 0 Å². The summed E-state index contributed by atoms with van der Waals surface area (Å²) in [6.07, 6.45) is 1.09. The highest BCUT2D eigenvalue weighted by atomic mass is 32.2. The first-order valence-electron chi connectivity index (χ1n) is 5.00. The number of sulfone groups is 1. The second-order valence-electron chi connectivity index (χ2n) is 4.03. The summed E-state index contributed by atoms with van der Waals surface area (Å²) in [4.78, 5) is 10.8. The Kier molecular flexibility index (Phi) is 3.90. The molecule has 1 unspecified atom stereocenters. The zero-order valence-electron chi connectivity index (χ0n) is 9.67. The monoisotopic (exact) mass is 257 g/mol. The van der Waals surface area contributed by atoms with E-state index in [1.165, 1.54) is 6.07 Å². The van der Waals surface area contributed by atoms with E-state index in [0.29, 0.717) is 5.56 Å². The van der Waals surface area contributed by atoms with Crippen molar-refractivity contribution in [3.8, 4) is 0 Å². The van der Waals surface area contributed by atoms with Crippen molar-refractivity contribution in [2.24, 2.45) is 5.73 Å². The molecule has 0 amide bonds. The number of carboxylic acids is 1. The van der Waals surface area contributed by atoms with Gasteiger partial charge in [0, 0.05) is 6.26 Å². The van der Waals surface area contributed by atoms with Gasteiger partial charge in [-0.25, -0.2) is 8.42 Å². The minimum atomic E-state index is -3.38. The minimum Gasteiger partial charge on any atom is -0.480 e. The standard InChI is InChI=1S/C11H15NO4S/c1-7-3-4-8(6-9(12)11(13)14)10(5-7)17(2,15)16/h3-5,9H,6,12H2,1-2H3,(H,13,14). The number of carbonyl (C=O) groups is 1. The quantitative estimate of drug-likeness (QED) is 0.811. The van der Waals surface area contributed by atoms with Crippen LogP contribution in [0.15, 0.2) is 23.1 Å². The molecule has 0 saturated heterocycles. The van der Waals surface area contributed by atoms with Crippen molar-refractivity contribution in [1.29, 1.82) is 0 Å². The normalized spacial score (nSPS) is 13.4. The summed E-state index contributed by atoms with van der Waals surface area (Å²) in [5.41, 5.74) is 6.65. The summed E-state index contributed by atoms with van der Waals surface area (Å²) in [5.74, 6) is -1.15. The highest BCUT2D eigenvalue weighted by Gasteiger charge is 2.18. The molecule has 6 heteroatoms. The molecule has 0 heterocycles. The average Bonchev–Trinajstić information content (AvgIpc) is 2.18. The molecular weight excluding hydrogens is 242 g/mol. The molecule has 1 aromatic rings. The molecule has 0 spiro atoms. The molecule has 0 radical (unpaired) electrons. The molecule has 94 valence electrons. The molecule has 0 aliphatic rings. The number of nitrogens with two attached hydrogens (primary N) is 1. The lowest BCUT2D eigenvalue weighted by Crippen LogP contribution is -2.32. The maximum atomic E-state index is 11.6. The van der Waals surface area contributed by atoms with E-state index in [1.54, 1.807) is 19.1 Å². The lowest BCUT2D eigenvalue weighted by atomic mass is 10.1. The van der Waals surface area contributed by atoms with Gasteiger partial charge < -0.3 is 10.8 Å². The van der Waals surface area contributed by atoms with Gasteiger partial charge in [-0.3, -0.25) is 4.79 Å². The van der Waals surface area contributed by atoms with Gasteiger partial charge in [-0.15, -0.1) is 0 Å². The van der Waals surface area contributed by atoms with E-state index in [4.69, 9.17) is 10.8 Å². The second kappa shape index (κ2) is 4.85.